The van der Waals surface area contributed by atoms with Crippen molar-refractivity contribution in [1.29, 1.82) is 0 Å². The molecule has 1 aromatic heterocycles. The van der Waals surface area contributed by atoms with E-state index in [1.54, 1.807) is 4.90 Å². The molecule has 1 N–H and O–H groups in total. The average molecular weight is 391 g/mol. The Labute approximate surface area is 160 Å². The van der Waals surface area contributed by atoms with Gasteiger partial charge in [0.05, 0.1) is 5.56 Å². The van der Waals surface area contributed by atoms with Crippen LogP contribution in [0.1, 0.15) is 46.2 Å². The largest absolute Gasteiger partial charge is 0.416 e. The molecule has 0 saturated carbocycles. The molecule has 8 heteroatoms. The number of aromatic nitrogens is 1. The summed E-state index contributed by atoms with van der Waals surface area (Å²) in [6, 6.07) is 7.16. The van der Waals surface area contributed by atoms with E-state index >= 15 is 0 Å². The summed E-state index contributed by atoms with van der Waals surface area (Å²) >= 11 is 0. The third kappa shape index (κ3) is 4.68. The molecule has 0 unspecified atom stereocenters. The molecule has 1 aromatic carbocycles. The van der Waals surface area contributed by atoms with Crippen molar-refractivity contribution in [3.05, 3.63) is 59.4 Å². The summed E-state index contributed by atoms with van der Waals surface area (Å²) in [6.07, 6.45) is -1.31. The van der Waals surface area contributed by atoms with E-state index in [0.717, 1.165) is 25.0 Å². The number of hydrogen-bond donors (Lipinski definition) is 1. The third-order valence-corrected chi connectivity index (χ3v) is 4.76. The molecule has 2 amide bonds. The van der Waals surface area contributed by atoms with Crippen molar-refractivity contribution in [3.8, 4) is 0 Å². The minimum Gasteiger partial charge on any atom is -0.337 e. The molecule has 3 rings (SSSR count). The van der Waals surface area contributed by atoms with Crippen LogP contribution in [0, 0.1) is 5.92 Å². The van der Waals surface area contributed by atoms with E-state index < -0.39 is 17.6 Å². The van der Waals surface area contributed by atoms with E-state index in [0.29, 0.717) is 19.0 Å². The fourth-order valence-electron chi connectivity index (χ4n) is 3.04. The van der Waals surface area contributed by atoms with Gasteiger partial charge >= 0.3 is 6.18 Å². The molecule has 0 bridgehead atoms. The van der Waals surface area contributed by atoms with E-state index in [1.807, 2.05) is 0 Å². The van der Waals surface area contributed by atoms with Crippen LogP contribution >= 0.6 is 0 Å². The number of carbonyl (C=O) groups excluding carboxylic acids is 2. The Bertz CT molecular complexity index is 875. The molecule has 5 nitrogen and oxygen atoms in total. The number of benzene rings is 1. The van der Waals surface area contributed by atoms with Crippen molar-refractivity contribution < 1.29 is 22.8 Å². The first-order valence-corrected chi connectivity index (χ1v) is 8.98. The number of carbonyl (C=O) groups is 2. The van der Waals surface area contributed by atoms with Crippen LogP contribution in [0.5, 0.6) is 0 Å². The number of pyridine rings is 1. The van der Waals surface area contributed by atoms with E-state index in [1.165, 1.54) is 30.5 Å². The molecule has 0 atom stereocenters. The molecule has 1 saturated heterocycles. The van der Waals surface area contributed by atoms with Gasteiger partial charge < -0.3 is 10.2 Å². The first-order chi connectivity index (χ1) is 13.2. The Kier molecular flexibility index (Phi) is 5.67. The highest BCUT2D eigenvalue weighted by molar-refractivity contribution is 6.05. The van der Waals surface area contributed by atoms with Crippen LogP contribution in [0.3, 0.4) is 0 Å². The summed E-state index contributed by atoms with van der Waals surface area (Å²) in [7, 11) is 0. The summed E-state index contributed by atoms with van der Waals surface area (Å²) in [5.74, 6) is -0.287. The number of amides is 2. The fraction of sp³-hybridized carbons (Fsp3) is 0.350. The number of piperidine rings is 1. The van der Waals surface area contributed by atoms with Gasteiger partial charge in [0.15, 0.2) is 0 Å². The van der Waals surface area contributed by atoms with Crippen LogP contribution in [0.15, 0.2) is 42.6 Å². The smallest absolute Gasteiger partial charge is 0.337 e. The molecule has 2 aromatic rings. The Morgan fingerprint density at radius 3 is 2.54 bits per heavy atom. The molecule has 2 heterocycles. The minimum atomic E-state index is -4.50. The van der Waals surface area contributed by atoms with Gasteiger partial charge in [-0.05, 0) is 49.1 Å². The lowest BCUT2D eigenvalue weighted by Gasteiger charge is -2.30. The van der Waals surface area contributed by atoms with Crippen molar-refractivity contribution >= 4 is 17.5 Å². The van der Waals surface area contributed by atoms with Gasteiger partial charge in [0, 0.05) is 30.5 Å². The van der Waals surface area contributed by atoms with E-state index in [9.17, 15) is 22.8 Å². The number of alkyl halides is 3. The topological polar surface area (TPSA) is 62.3 Å². The monoisotopic (exact) mass is 391 g/mol. The molecule has 1 aliphatic heterocycles. The van der Waals surface area contributed by atoms with Crippen LogP contribution in [0.4, 0.5) is 18.9 Å². The number of nitrogens with zero attached hydrogens (tertiary/aromatic N) is 2. The van der Waals surface area contributed by atoms with Crippen LogP contribution in [0.2, 0.25) is 0 Å². The maximum atomic E-state index is 12.8. The molecular weight excluding hydrogens is 371 g/mol. The standard InChI is InChI=1S/C20H20F3N3O2/c1-13-6-9-26(10-7-13)19(28)17-11-14(5-8-24-17)18(27)25-16-4-2-3-15(12-16)20(21,22)23/h2-5,8,11-13H,6-7,9-10H2,1H3,(H,25,27). The first-order valence-electron chi connectivity index (χ1n) is 8.98. The Morgan fingerprint density at radius 2 is 1.86 bits per heavy atom. The number of likely N-dealkylation sites (tertiary alicyclic amines) is 1. The van der Waals surface area contributed by atoms with Gasteiger partial charge in [-0.3, -0.25) is 14.6 Å². The predicted molar refractivity (Wildman–Crippen MR) is 97.9 cm³/mol. The number of nitrogens with one attached hydrogen (secondary N) is 1. The molecule has 1 aliphatic rings. The lowest BCUT2D eigenvalue weighted by Crippen LogP contribution is -2.38. The maximum absolute atomic E-state index is 12.8. The van der Waals surface area contributed by atoms with Crippen LogP contribution in [-0.2, 0) is 6.18 Å². The van der Waals surface area contributed by atoms with Gasteiger partial charge in [-0.25, -0.2) is 0 Å². The molecule has 0 aliphatic carbocycles. The Morgan fingerprint density at radius 1 is 1.14 bits per heavy atom. The van der Waals surface area contributed by atoms with Gasteiger partial charge in [0.1, 0.15) is 5.69 Å². The zero-order valence-corrected chi connectivity index (χ0v) is 15.3. The van der Waals surface area contributed by atoms with Gasteiger partial charge in [-0.15, -0.1) is 0 Å². The molecule has 0 spiro atoms. The normalized spacial score (nSPS) is 15.4. The van der Waals surface area contributed by atoms with Gasteiger partial charge in [-0.2, -0.15) is 13.2 Å². The summed E-state index contributed by atoms with van der Waals surface area (Å²) in [5.41, 5.74) is -0.530. The zero-order valence-electron chi connectivity index (χ0n) is 15.3. The van der Waals surface area contributed by atoms with Crippen LogP contribution in [-0.4, -0.2) is 34.8 Å². The Balaban J connectivity index is 1.73. The molecule has 0 radical (unpaired) electrons. The summed E-state index contributed by atoms with van der Waals surface area (Å²) in [6.45, 7) is 3.42. The summed E-state index contributed by atoms with van der Waals surface area (Å²) in [4.78, 5) is 30.8. The summed E-state index contributed by atoms with van der Waals surface area (Å²) < 4.78 is 38.4. The average Bonchev–Trinajstić information content (AvgIpc) is 2.67. The number of halogens is 3. The quantitative estimate of drug-likeness (QED) is 0.852. The highest BCUT2D eigenvalue weighted by atomic mass is 19.4. The predicted octanol–water partition coefficient (Wildman–Crippen LogP) is 4.22. The highest BCUT2D eigenvalue weighted by Crippen LogP contribution is 2.30. The molecular formula is C20H20F3N3O2. The first kappa shape index (κ1) is 19.9. The van der Waals surface area contributed by atoms with E-state index in [-0.39, 0.29) is 22.9 Å². The van der Waals surface area contributed by atoms with Gasteiger partial charge in [-0.1, -0.05) is 13.0 Å². The van der Waals surface area contributed by atoms with Crippen molar-refractivity contribution in [2.45, 2.75) is 25.9 Å². The van der Waals surface area contributed by atoms with E-state index in [2.05, 4.69) is 17.2 Å². The van der Waals surface area contributed by atoms with Crippen molar-refractivity contribution in [2.75, 3.05) is 18.4 Å². The second-order valence-corrected chi connectivity index (χ2v) is 6.94. The maximum Gasteiger partial charge on any atom is 0.416 e. The number of anilines is 1. The summed E-state index contributed by atoms with van der Waals surface area (Å²) in [5, 5.41) is 2.43. The lowest BCUT2D eigenvalue weighted by molar-refractivity contribution is -0.137. The number of rotatable bonds is 3. The van der Waals surface area contributed by atoms with Gasteiger partial charge in [0.25, 0.3) is 11.8 Å². The van der Waals surface area contributed by atoms with Gasteiger partial charge in [0.2, 0.25) is 0 Å². The van der Waals surface area contributed by atoms with Crippen molar-refractivity contribution in [2.24, 2.45) is 5.92 Å². The number of hydrogen-bond acceptors (Lipinski definition) is 3. The van der Waals surface area contributed by atoms with Crippen molar-refractivity contribution in [1.82, 2.24) is 9.88 Å². The second kappa shape index (κ2) is 8.00. The van der Waals surface area contributed by atoms with Crippen LogP contribution < -0.4 is 5.32 Å². The second-order valence-electron chi connectivity index (χ2n) is 6.94. The van der Waals surface area contributed by atoms with Crippen LogP contribution in [0.25, 0.3) is 0 Å². The third-order valence-electron chi connectivity index (χ3n) is 4.76. The molecule has 148 valence electrons. The molecule has 28 heavy (non-hydrogen) atoms. The highest BCUT2D eigenvalue weighted by Gasteiger charge is 2.30. The van der Waals surface area contributed by atoms with Crippen molar-refractivity contribution in [3.63, 3.8) is 0 Å². The van der Waals surface area contributed by atoms with E-state index in [4.69, 9.17) is 0 Å². The fourth-order valence-corrected chi connectivity index (χ4v) is 3.04. The zero-order chi connectivity index (χ0) is 20.3. The SMILES string of the molecule is CC1CCN(C(=O)c2cc(C(=O)Nc3cccc(C(F)(F)F)c3)ccn2)CC1. The molecule has 1 fully saturated rings. The Hall–Kier alpha value is -2.90. The minimum absolute atomic E-state index is 0.0227. The lowest BCUT2D eigenvalue weighted by atomic mass is 9.99.